The Labute approximate surface area is 73.6 Å². The van der Waals surface area contributed by atoms with Gasteiger partial charge in [-0.3, -0.25) is 4.99 Å². The Morgan fingerprint density at radius 2 is 2.33 bits per heavy atom. The second kappa shape index (κ2) is 4.99. The molecule has 0 atom stereocenters. The van der Waals surface area contributed by atoms with Crippen LogP contribution in [-0.2, 0) is 0 Å². The minimum atomic E-state index is 0.751. The van der Waals surface area contributed by atoms with Gasteiger partial charge in [0.1, 0.15) is 0 Å². The fourth-order valence-corrected chi connectivity index (χ4v) is 0.417. The third kappa shape index (κ3) is 4.66. The zero-order valence-electron chi connectivity index (χ0n) is 5.06. The van der Waals surface area contributed by atoms with Gasteiger partial charge in [0, 0.05) is 21.0 Å². The molecule has 0 spiro atoms. The van der Waals surface area contributed by atoms with Gasteiger partial charge in [-0.25, -0.2) is 0 Å². The summed E-state index contributed by atoms with van der Waals surface area (Å²) >= 11 is 7.72. The summed E-state index contributed by atoms with van der Waals surface area (Å²) in [6.45, 7) is 5.24. The van der Waals surface area contributed by atoms with Crippen LogP contribution in [0.1, 0.15) is 6.92 Å². The molecule has 3 heteroatoms. The van der Waals surface area contributed by atoms with Crippen LogP contribution >= 0.6 is 34.2 Å². The van der Waals surface area contributed by atoms with Gasteiger partial charge in [0.15, 0.2) is 0 Å². The largest absolute Gasteiger partial charge is 0.264 e. The van der Waals surface area contributed by atoms with Crippen molar-refractivity contribution in [3.05, 3.63) is 21.4 Å². The molecule has 0 saturated carbocycles. The molecule has 0 rings (SSSR count). The second-order valence-corrected chi connectivity index (χ2v) is 3.07. The summed E-state index contributed by atoms with van der Waals surface area (Å²) in [5.41, 5.74) is 0. The Bertz CT molecular complexity index is 156. The van der Waals surface area contributed by atoms with Gasteiger partial charge < -0.3 is 0 Å². The molecule has 0 unspecified atom stereocenters. The van der Waals surface area contributed by atoms with E-state index in [-0.39, 0.29) is 0 Å². The monoisotopic (exact) mass is 255 g/mol. The molecule has 0 bridgehead atoms. The van der Waals surface area contributed by atoms with Gasteiger partial charge in [0.2, 0.25) is 0 Å². The van der Waals surface area contributed by atoms with Crippen LogP contribution in [0.5, 0.6) is 0 Å². The van der Waals surface area contributed by atoms with Crippen molar-refractivity contribution in [1.29, 1.82) is 0 Å². The molecule has 0 heterocycles. The maximum atomic E-state index is 5.61. The van der Waals surface area contributed by atoms with E-state index in [0.29, 0.717) is 0 Å². The van der Waals surface area contributed by atoms with Crippen LogP contribution in [0.15, 0.2) is 26.4 Å². The van der Waals surface area contributed by atoms with Crippen LogP contribution in [0.4, 0.5) is 0 Å². The predicted molar refractivity (Wildman–Crippen MR) is 51.3 cm³/mol. The zero-order valence-corrected chi connectivity index (χ0v) is 7.98. The van der Waals surface area contributed by atoms with E-state index in [1.54, 1.807) is 6.21 Å². The van der Waals surface area contributed by atoms with Crippen molar-refractivity contribution >= 4 is 40.4 Å². The number of aliphatic imine (C=N–C) groups is 1. The lowest BCUT2D eigenvalue weighted by atomic mass is 10.5. The third-order valence-electron chi connectivity index (χ3n) is 0.622. The number of allylic oxidation sites excluding steroid dienone is 2. The van der Waals surface area contributed by atoms with Crippen molar-refractivity contribution in [1.82, 2.24) is 0 Å². The number of rotatable bonds is 2. The first-order valence-electron chi connectivity index (χ1n) is 2.34. The standard InChI is InChI=1S/C6H7ClIN/c1-3-9-4-6(8)5(2)7/h3-4H,1H2,2H3/b6-5-,9-4-. The van der Waals surface area contributed by atoms with E-state index in [9.17, 15) is 0 Å². The predicted octanol–water partition coefficient (Wildman–Crippen LogP) is 3.11. The average Bonchev–Trinajstić information content (AvgIpc) is 1.82. The highest BCUT2D eigenvalue weighted by Gasteiger charge is 1.87. The van der Waals surface area contributed by atoms with Crippen LogP contribution in [0.2, 0.25) is 0 Å². The second-order valence-electron chi connectivity index (χ2n) is 1.34. The zero-order chi connectivity index (χ0) is 7.28. The minimum absolute atomic E-state index is 0.751. The number of nitrogens with zero attached hydrogens (tertiary/aromatic N) is 1. The minimum Gasteiger partial charge on any atom is -0.264 e. The summed E-state index contributed by atoms with van der Waals surface area (Å²) in [6.07, 6.45) is 3.13. The molecular weight excluding hydrogens is 248 g/mol. The SMILES string of the molecule is C=C/N=C\C(I)=C(/C)Cl. The molecule has 0 aliphatic carbocycles. The summed E-state index contributed by atoms with van der Waals surface area (Å²) in [5, 5.41) is 0.751. The first-order chi connectivity index (χ1) is 4.18. The van der Waals surface area contributed by atoms with Crippen molar-refractivity contribution in [2.75, 3.05) is 0 Å². The van der Waals surface area contributed by atoms with Crippen molar-refractivity contribution in [3.8, 4) is 0 Å². The Hall–Kier alpha value is 0.170. The highest BCUT2D eigenvalue weighted by atomic mass is 127. The summed E-state index contributed by atoms with van der Waals surface area (Å²) in [6, 6.07) is 0. The number of hydrogen-bond donors (Lipinski definition) is 0. The molecule has 0 amide bonds. The van der Waals surface area contributed by atoms with Crippen molar-refractivity contribution in [2.45, 2.75) is 6.92 Å². The molecule has 1 nitrogen and oxygen atoms in total. The molecule has 0 aromatic carbocycles. The Morgan fingerprint density at radius 3 is 2.67 bits per heavy atom. The molecular formula is C6H7ClIN. The normalized spacial score (nSPS) is 13.7. The first-order valence-corrected chi connectivity index (χ1v) is 3.80. The van der Waals surface area contributed by atoms with Gasteiger partial charge >= 0.3 is 0 Å². The summed E-state index contributed by atoms with van der Waals surface area (Å²) in [7, 11) is 0. The Balaban J connectivity index is 4.06. The van der Waals surface area contributed by atoms with Gasteiger partial charge in [0.25, 0.3) is 0 Å². The van der Waals surface area contributed by atoms with Crippen LogP contribution in [-0.4, -0.2) is 6.21 Å². The molecule has 50 valence electrons. The van der Waals surface area contributed by atoms with Crippen molar-refractivity contribution in [3.63, 3.8) is 0 Å². The Morgan fingerprint density at radius 1 is 1.78 bits per heavy atom. The van der Waals surface area contributed by atoms with Crippen molar-refractivity contribution < 1.29 is 0 Å². The van der Waals surface area contributed by atoms with Crippen LogP contribution in [0.3, 0.4) is 0 Å². The number of halogens is 2. The van der Waals surface area contributed by atoms with Crippen LogP contribution < -0.4 is 0 Å². The molecule has 0 fully saturated rings. The highest BCUT2D eigenvalue weighted by molar-refractivity contribution is 14.1. The van der Waals surface area contributed by atoms with E-state index < -0.39 is 0 Å². The quantitative estimate of drug-likeness (QED) is 0.531. The van der Waals surface area contributed by atoms with E-state index in [1.165, 1.54) is 6.20 Å². The topological polar surface area (TPSA) is 12.4 Å². The highest BCUT2D eigenvalue weighted by Crippen LogP contribution is 2.12. The van der Waals surface area contributed by atoms with Gasteiger partial charge in [-0.15, -0.1) is 0 Å². The average molecular weight is 255 g/mol. The molecule has 0 radical (unpaired) electrons. The van der Waals surface area contributed by atoms with Gasteiger partial charge in [-0.1, -0.05) is 18.2 Å². The lowest BCUT2D eigenvalue weighted by Crippen LogP contribution is -1.72. The molecule has 0 aromatic heterocycles. The fourth-order valence-electron chi connectivity index (χ4n) is 0.207. The molecule has 0 N–H and O–H groups in total. The first kappa shape index (κ1) is 9.17. The lowest BCUT2D eigenvalue weighted by molar-refractivity contribution is 1.61. The Kier molecular flexibility index (Phi) is 5.09. The smallest absolute Gasteiger partial charge is 0.0455 e. The summed E-state index contributed by atoms with van der Waals surface area (Å²) < 4.78 is 0.939. The maximum absolute atomic E-state index is 5.61. The molecule has 9 heavy (non-hydrogen) atoms. The summed E-state index contributed by atoms with van der Waals surface area (Å²) in [5.74, 6) is 0. The molecule has 0 aliphatic heterocycles. The fraction of sp³-hybridized carbons (Fsp3) is 0.167. The van der Waals surface area contributed by atoms with Gasteiger partial charge in [0.05, 0.1) is 0 Å². The number of hydrogen-bond acceptors (Lipinski definition) is 1. The van der Waals surface area contributed by atoms with E-state index >= 15 is 0 Å². The third-order valence-corrected chi connectivity index (χ3v) is 2.23. The van der Waals surface area contributed by atoms with Gasteiger partial charge in [-0.05, 0) is 29.5 Å². The van der Waals surface area contributed by atoms with E-state index in [4.69, 9.17) is 11.6 Å². The van der Waals surface area contributed by atoms with Crippen molar-refractivity contribution in [2.24, 2.45) is 4.99 Å². The van der Waals surface area contributed by atoms with E-state index in [1.807, 2.05) is 6.92 Å². The summed E-state index contributed by atoms with van der Waals surface area (Å²) in [4.78, 5) is 3.78. The van der Waals surface area contributed by atoms with Crippen LogP contribution in [0, 0.1) is 0 Å². The molecule has 0 saturated heterocycles. The molecule has 0 aliphatic rings. The maximum Gasteiger partial charge on any atom is 0.0455 e. The van der Waals surface area contributed by atoms with Crippen LogP contribution in [0.25, 0.3) is 0 Å². The van der Waals surface area contributed by atoms with Gasteiger partial charge in [-0.2, -0.15) is 0 Å². The van der Waals surface area contributed by atoms with E-state index in [2.05, 4.69) is 34.2 Å². The molecule has 0 aromatic rings. The lowest BCUT2D eigenvalue weighted by Gasteiger charge is -1.86. The van der Waals surface area contributed by atoms with E-state index in [0.717, 1.165) is 8.61 Å².